The van der Waals surface area contributed by atoms with Crippen molar-refractivity contribution in [3.63, 3.8) is 0 Å². The van der Waals surface area contributed by atoms with Gasteiger partial charge in [0.1, 0.15) is 5.92 Å². The normalized spacial score (nSPS) is 11.8. The van der Waals surface area contributed by atoms with Crippen molar-refractivity contribution in [2.45, 2.75) is 32.5 Å². The van der Waals surface area contributed by atoms with Crippen LogP contribution in [0, 0.1) is 22.7 Å². The zero-order valence-electron chi connectivity index (χ0n) is 14.9. The summed E-state index contributed by atoms with van der Waals surface area (Å²) in [5.74, 6) is -1.67. The van der Waals surface area contributed by atoms with Crippen LogP contribution in [0.15, 0.2) is 23.4 Å². The third kappa shape index (κ3) is 4.11. The van der Waals surface area contributed by atoms with E-state index >= 15 is 0 Å². The number of aromatic nitrogens is 2. The molecule has 0 aliphatic carbocycles. The highest BCUT2D eigenvalue weighted by atomic mass is 32.2. The molecule has 1 N–H and O–H groups in total. The molecule has 0 radical (unpaired) electrons. The number of carbonyl (C=O) groups excluding carboxylic acids is 2. The molecule has 1 heterocycles. The number of imidazole rings is 1. The summed E-state index contributed by atoms with van der Waals surface area (Å²) in [6.07, 6.45) is 0. The van der Waals surface area contributed by atoms with Crippen molar-refractivity contribution in [2.24, 2.45) is 5.92 Å². The molecule has 1 atom stereocenters. The quantitative estimate of drug-likeness (QED) is 0.433. The molecule has 0 spiro atoms. The van der Waals surface area contributed by atoms with Crippen LogP contribution in [0.1, 0.15) is 31.1 Å². The van der Waals surface area contributed by atoms with Crippen molar-refractivity contribution < 1.29 is 14.3 Å². The van der Waals surface area contributed by atoms with E-state index in [1.54, 1.807) is 19.1 Å². The first-order valence-corrected chi connectivity index (χ1v) is 9.19. The van der Waals surface area contributed by atoms with Gasteiger partial charge in [-0.3, -0.25) is 4.79 Å². The Morgan fingerprint density at radius 2 is 2.15 bits per heavy atom. The fraction of sp³-hybridized carbons (Fsp3) is 0.389. The van der Waals surface area contributed by atoms with E-state index in [4.69, 9.17) is 15.4 Å². The Morgan fingerprint density at radius 1 is 1.42 bits per heavy atom. The number of thioether (sulfide) groups is 1. The van der Waals surface area contributed by atoms with Gasteiger partial charge in [-0.15, -0.1) is 0 Å². The van der Waals surface area contributed by atoms with Crippen LogP contribution in [-0.2, 0) is 16.1 Å². The number of hydrogen-bond donors (Lipinski definition) is 1. The number of ether oxygens (including phenoxy) is 1. The van der Waals surface area contributed by atoms with Gasteiger partial charge < -0.3 is 14.7 Å². The number of Topliss-reactive ketones (excluding diaryl/α,β-unsaturated/α-hetero) is 1. The van der Waals surface area contributed by atoms with Gasteiger partial charge in [0.05, 0.1) is 35.0 Å². The fourth-order valence-electron chi connectivity index (χ4n) is 2.49. The number of nitrogens with zero attached hydrogens (tertiary/aromatic N) is 3. The van der Waals surface area contributed by atoms with Crippen LogP contribution in [0.5, 0.6) is 0 Å². The zero-order chi connectivity index (χ0) is 19.3. The Labute approximate surface area is 155 Å². The molecule has 26 heavy (non-hydrogen) atoms. The van der Waals surface area contributed by atoms with Crippen LogP contribution in [0.2, 0.25) is 0 Å². The molecule has 0 unspecified atom stereocenters. The molecule has 0 fully saturated rings. The Kier molecular flexibility index (Phi) is 6.52. The average Bonchev–Trinajstić information content (AvgIpc) is 2.96. The Morgan fingerprint density at radius 3 is 2.73 bits per heavy atom. The van der Waals surface area contributed by atoms with Gasteiger partial charge in [0.15, 0.2) is 10.9 Å². The number of rotatable bonds is 8. The molecule has 8 heteroatoms. The maximum absolute atomic E-state index is 12.1. The number of fused-ring (bicyclic) bond motifs is 1. The van der Waals surface area contributed by atoms with Crippen LogP contribution in [-0.4, -0.2) is 39.4 Å². The lowest BCUT2D eigenvalue weighted by atomic mass is 10.0. The first kappa shape index (κ1) is 19.7. The van der Waals surface area contributed by atoms with Gasteiger partial charge in [-0.2, -0.15) is 5.26 Å². The van der Waals surface area contributed by atoms with Crippen LogP contribution < -0.4 is 0 Å². The van der Waals surface area contributed by atoms with E-state index in [2.05, 4.69) is 4.98 Å². The van der Waals surface area contributed by atoms with Gasteiger partial charge in [-0.25, -0.2) is 9.78 Å². The Bertz CT molecular complexity index is 898. The van der Waals surface area contributed by atoms with Gasteiger partial charge in [-0.05, 0) is 39.0 Å². The summed E-state index contributed by atoms with van der Waals surface area (Å²) in [4.78, 5) is 28.5. The molecule has 0 aliphatic rings. The van der Waals surface area contributed by atoms with Crippen LogP contribution in [0.25, 0.3) is 11.0 Å². The molecule has 2 aromatic rings. The van der Waals surface area contributed by atoms with Crippen LogP contribution in [0.4, 0.5) is 0 Å². The SMILES string of the molecule is CCOC(=O)c1ccc2c(c1)nc(SCC(=O)[C@@H](C#N)C(C)=N)n2CC. The zero-order valence-corrected chi connectivity index (χ0v) is 15.7. The lowest BCUT2D eigenvalue weighted by Gasteiger charge is -2.07. The molecule has 0 bridgehead atoms. The molecule has 0 amide bonds. The highest BCUT2D eigenvalue weighted by Crippen LogP contribution is 2.26. The molecule has 136 valence electrons. The van der Waals surface area contributed by atoms with Crippen molar-refractivity contribution in [2.75, 3.05) is 12.4 Å². The second kappa shape index (κ2) is 8.63. The smallest absolute Gasteiger partial charge is 0.338 e. The molecule has 0 saturated heterocycles. The number of carbonyl (C=O) groups is 2. The predicted molar refractivity (Wildman–Crippen MR) is 99.6 cm³/mol. The van der Waals surface area contributed by atoms with Gasteiger partial charge >= 0.3 is 5.97 Å². The van der Waals surface area contributed by atoms with E-state index in [9.17, 15) is 9.59 Å². The van der Waals surface area contributed by atoms with Crippen LogP contribution >= 0.6 is 11.8 Å². The summed E-state index contributed by atoms with van der Waals surface area (Å²) in [6, 6.07) is 7.03. The predicted octanol–water partition coefficient (Wildman–Crippen LogP) is 3.07. The summed E-state index contributed by atoms with van der Waals surface area (Å²) in [6.45, 7) is 6.12. The van der Waals surface area contributed by atoms with E-state index in [-0.39, 0.29) is 17.2 Å². The fourth-order valence-corrected chi connectivity index (χ4v) is 3.48. The number of hydrogen-bond acceptors (Lipinski definition) is 7. The van der Waals surface area contributed by atoms with Gasteiger partial charge in [0, 0.05) is 12.3 Å². The largest absolute Gasteiger partial charge is 0.462 e. The molecule has 1 aromatic carbocycles. The molecular formula is C18H20N4O3S. The van der Waals surface area contributed by atoms with Crippen molar-refractivity contribution in [1.29, 1.82) is 10.7 Å². The number of esters is 1. The first-order valence-electron chi connectivity index (χ1n) is 8.20. The summed E-state index contributed by atoms with van der Waals surface area (Å²) < 4.78 is 6.95. The lowest BCUT2D eigenvalue weighted by molar-refractivity contribution is -0.117. The molecule has 7 nitrogen and oxygen atoms in total. The monoisotopic (exact) mass is 372 g/mol. The number of nitriles is 1. The number of nitrogens with one attached hydrogen (secondary N) is 1. The minimum absolute atomic E-state index is 0.0428. The molecule has 2 rings (SSSR count). The van der Waals surface area contributed by atoms with Crippen molar-refractivity contribution in [3.8, 4) is 6.07 Å². The van der Waals surface area contributed by atoms with Crippen LogP contribution in [0.3, 0.4) is 0 Å². The standard InChI is InChI=1S/C18H20N4O3S/c1-4-22-15-7-6-12(17(24)25-5-2)8-14(15)21-18(22)26-10-16(23)13(9-19)11(3)20/h6-8,13,20H,4-5,10H2,1-3H3/t13-/m0/s1. The second-order valence-corrected chi connectivity index (χ2v) is 6.51. The highest BCUT2D eigenvalue weighted by Gasteiger charge is 2.21. The van der Waals surface area contributed by atoms with Crippen molar-refractivity contribution in [1.82, 2.24) is 9.55 Å². The molecule has 1 aromatic heterocycles. The van der Waals surface area contributed by atoms with E-state index in [0.717, 1.165) is 5.52 Å². The molecule has 0 aliphatic heterocycles. The highest BCUT2D eigenvalue weighted by molar-refractivity contribution is 7.99. The van der Waals surface area contributed by atoms with Crippen molar-refractivity contribution >= 4 is 40.3 Å². The summed E-state index contributed by atoms with van der Waals surface area (Å²) in [5, 5.41) is 17.2. The third-order valence-electron chi connectivity index (χ3n) is 3.77. The van der Waals surface area contributed by atoms with E-state index < -0.39 is 11.9 Å². The van der Waals surface area contributed by atoms with E-state index in [0.29, 0.717) is 29.4 Å². The maximum Gasteiger partial charge on any atom is 0.338 e. The summed E-state index contributed by atoms with van der Waals surface area (Å²) in [7, 11) is 0. The number of aryl methyl sites for hydroxylation is 1. The third-order valence-corrected chi connectivity index (χ3v) is 4.77. The average molecular weight is 372 g/mol. The molecule has 0 saturated carbocycles. The lowest BCUT2D eigenvalue weighted by Crippen LogP contribution is -2.21. The van der Waals surface area contributed by atoms with E-state index in [1.165, 1.54) is 18.7 Å². The minimum Gasteiger partial charge on any atom is -0.462 e. The van der Waals surface area contributed by atoms with Gasteiger partial charge in [0.2, 0.25) is 0 Å². The summed E-state index contributed by atoms with van der Waals surface area (Å²) >= 11 is 1.23. The first-order chi connectivity index (χ1) is 12.4. The second-order valence-electron chi connectivity index (χ2n) is 5.56. The van der Waals surface area contributed by atoms with Gasteiger partial charge in [-0.1, -0.05) is 11.8 Å². The van der Waals surface area contributed by atoms with Crippen molar-refractivity contribution in [3.05, 3.63) is 23.8 Å². The number of benzene rings is 1. The maximum atomic E-state index is 12.1. The number of ketones is 1. The Hall–Kier alpha value is -2.66. The topological polar surface area (TPSA) is 109 Å². The van der Waals surface area contributed by atoms with E-state index in [1.807, 2.05) is 23.6 Å². The minimum atomic E-state index is -1.02. The Balaban J connectivity index is 2.27. The summed E-state index contributed by atoms with van der Waals surface area (Å²) in [5.41, 5.74) is 1.97. The van der Waals surface area contributed by atoms with Gasteiger partial charge in [0.25, 0.3) is 0 Å². The molecular weight excluding hydrogens is 352 g/mol.